The average Bonchev–Trinajstić information content (AvgIpc) is 4.07. The van der Waals surface area contributed by atoms with Gasteiger partial charge in [-0.15, -0.1) is 34.0 Å². The van der Waals surface area contributed by atoms with E-state index in [0.717, 1.165) is 123 Å². The molecule has 11 heterocycles. The first-order valence-electron chi connectivity index (χ1n) is 31.5. The normalized spacial score (nSPS) is 22.3. The number of hydrogen-bond donors (Lipinski definition) is 4. The van der Waals surface area contributed by atoms with E-state index in [1.807, 2.05) is 85.7 Å². The van der Waals surface area contributed by atoms with Crippen LogP contribution in [0.4, 0.5) is 0 Å². The maximum absolute atomic E-state index is 12.4. The van der Waals surface area contributed by atoms with E-state index in [1.165, 1.54) is 80.5 Å². The van der Waals surface area contributed by atoms with Crippen LogP contribution in [-0.4, -0.2) is 175 Å². The van der Waals surface area contributed by atoms with Crippen LogP contribution in [0.2, 0.25) is 0 Å². The number of nitrogens with two attached hydrogens (primary N) is 1. The summed E-state index contributed by atoms with van der Waals surface area (Å²) in [5.74, 6) is 2.00. The molecule has 3 saturated heterocycles. The highest BCUT2D eigenvalue weighted by Gasteiger charge is 2.46. The molecular weight excluding hydrogens is 1210 g/mol. The highest BCUT2D eigenvalue weighted by atomic mass is 32.2. The summed E-state index contributed by atoms with van der Waals surface area (Å²) in [7, 11) is 4.03. The molecule has 0 spiro atoms. The molecular formula is C62H89N15O8S4. The van der Waals surface area contributed by atoms with E-state index in [2.05, 4.69) is 78.8 Å². The standard InChI is InChI=1S/C22H30N6OS.C16H21N3O2S.C11H15N3S.C7H12O5S.C6H11N3/c1-26-19-5-12-30-21(19)20(25-26)16-3-9-27(10-4-16)14-17-13-18(17)22(29)24-6-2-8-28-11-7-23-15-28;1-18-13-4-7-22-15(13)14(17-18)10-2-5-19(6-3-10)9-11-8-12(11)16(20)21;1-14-9-4-7-15-11(9)10(13-14)8-2-5-12-6-3-8;1-11-7(8)6-3-5(6)4-12-13(2,9)10;7-2-1-4-9-5-3-8-6-9/h5,7,11-12,15-18H,2-4,6,8-10,13-14H2,1H3,(H,24,29);4,7,10-12H,2-3,5-6,8-9H2,1H3,(H,20,21);4,7-8,12H,2-3,5-6H2,1H3;5-6H,3-4H2,1-2H3;3,5-6H,1-2,4,7H2/t17-,18+;11-,12+;;5-,6?;/m00.0./s1. The fraction of sp³-hybridized carbons (Fsp3) is 0.613. The highest BCUT2D eigenvalue weighted by Crippen LogP contribution is 2.43. The topological polar surface area (TPSA) is 270 Å². The predicted molar refractivity (Wildman–Crippen MR) is 348 cm³/mol. The maximum atomic E-state index is 12.4. The number of carboxylic acids is 1. The van der Waals surface area contributed by atoms with Gasteiger partial charge in [0.15, 0.2) is 0 Å². The summed E-state index contributed by atoms with van der Waals surface area (Å²) in [6, 6.07) is 6.48. The number of thiophene rings is 3. The van der Waals surface area contributed by atoms with Crippen molar-refractivity contribution in [3.05, 3.63) is 88.9 Å². The molecule has 6 fully saturated rings. The van der Waals surface area contributed by atoms with Gasteiger partial charge >= 0.3 is 11.9 Å². The SMILES string of the molecule is COC(=O)C1C[C@H]1COS(C)(=O)=O.Cn1nc(C2CCN(C[C@@H]3C[C@H]3C(=O)NCCCn3ccnc3)CC2)c2sccc21.Cn1nc(C2CCN(C[C@@H]3C[C@H]3C(=O)O)CC2)c2sccc21.Cn1nc(C2CCNCC2)c2sccc21.NCCCn1ccnc1. The second-order valence-electron chi connectivity index (χ2n) is 24.7. The van der Waals surface area contributed by atoms with Crippen LogP contribution in [0.1, 0.15) is 105 Å². The number of hydrogen-bond acceptors (Lipinski definition) is 19. The largest absolute Gasteiger partial charge is 0.481 e. The zero-order valence-electron chi connectivity index (χ0n) is 52.0. The third-order valence-electron chi connectivity index (χ3n) is 18.2. The van der Waals surface area contributed by atoms with Gasteiger partial charge in [-0.05, 0) is 169 Å². The molecule has 6 atom stereocenters. The Bertz CT molecular complexity index is 3620. The van der Waals surface area contributed by atoms with Crippen LogP contribution >= 0.6 is 34.0 Å². The van der Waals surface area contributed by atoms with Crippen molar-refractivity contribution in [2.75, 3.05) is 85.4 Å². The molecule has 27 heteroatoms. The van der Waals surface area contributed by atoms with E-state index in [0.29, 0.717) is 36.0 Å². The summed E-state index contributed by atoms with van der Waals surface area (Å²) < 4.78 is 44.4. The van der Waals surface area contributed by atoms with Gasteiger partial charge in [0.2, 0.25) is 5.91 Å². The van der Waals surface area contributed by atoms with Crippen LogP contribution in [0.15, 0.2) is 71.8 Å². The molecule has 89 heavy (non-hydrogen) atoms. The molecule has 1 unspecified atom stereocenters. The summed E-state index contributed by atoms with van der Waals surface area (Å²) in [6.07, 6.45) is 23.7. The zero-order chi connectivity index (χ0) is 62.6. The minimum Gasteiger partial charge on any atom is -0.481 e. The lowest BCUT2D eigenvalue weighted by Gasteiger charge is -2.31. The molecule has 0 bridgehead atoms. The van der Waals surface area contributed by atoms with E-state index in [1.54, 1.807) is 30.1 Å². The lowest BCUT2D eigenvalue weighted by atomic mass is 9.93. The molecule has 6 aliphatic rings. The van der Waals surface area contributed by atoms with Crippen LogP contribution in [0.25, 0.3) is 30.6 Å². The van der Waals surface area contributed by atoms with E-state index in [-0.39, 0.29) is 42.2 Å². The van der Waals surface area contributed by atoms with Gasteiger partial charge in [-0.2, -0.15) is 23.7 Å². The first-order chi connectivity index (χ1) is 43.0. The number of piperidine rings is 3. The van der Waals surface area contributed by atoms with Crippen molar-refractivity contribution in [1.29, 1.82) is 0 Å². The number of aliphatic carboxylic acids is 1. The molecule has 3 aliphatic carbocycles. The minimum absolute atomic E-state index is 0.00201. The average molecular weight is 1300 g/mol. The van der Waals surface area contributed by atoms with Gasteiger partial charge in [0, 0.05) is 102 Å². The molecule has 3 aliphatic heterocycles. The molecule has 0 aromatic carbocycles. The van der Waals surface area contributed by atoms with Crippen LogP contribution in [0.5, 0.6) is 0 Å². The van der Waals surface area contributed by atoms with Crippen molar-refractivity contribution < 1.29 is 36.8 Å². The third kappa shape index (κ3) is 18.0. The quantitative estimate of drug-likeness (QED) is 0.0327. The van der Waals surface area contributed by atoms with E-state index in [9.17, 15) is 22.8 Å². The van der Waals surface area contributed by atoms with Gasteiger partial charge in [-0.25, -0.2) is 9.97 Å². The number of amides is 1. The Kier molecular flexibility index (Phi) is 23.0. The molecule has 8 aromatic rings. The number of esters is 1. The first-order valence-corrected chi connectivity index (χ1v) is 35.9. The number of carbonyl (C=O) groups excluding carboxylic acids is 2. The lowest BCUT2D eigenvalue weighted by molar-refractivity contribution is -0.142. The van der Waals surface area contributed by atoms with Gasteiger partial charge in [0.1, 0.15) is 0 Å². The van der Waals surface area contributed by atoms with Crippen molar-refractivity contribution in [3.8, 4) is 0 Å². The van der Waals surface area contributed by atoms with Crippen molar-refractivity contribution in [1.82, 2.24) is 68.9 Å². The van der Waals surface area contributed by atoms with Crippen molar-refractivity contribution in [2.45, 2.75) is 101 Å². The number of ether oxygens (including phenoxy) is 1. The summed E-state index contributed by atoms with van der Waals surface area (Å²) >= 11 is 5.43. The second-order valence-corrected chi connectivity index (χ2v) is 29.0. The molecule has 14 rings (SSSR count). The number of fused-ring (bicyclic) bond motifs is 3. The number of likely N-dealkylation sites (tertiary alicyclic amines) is 2. The molecule has 3 saturated carbocycles. The lowest BCUT2D eigenvalue weighted by Crippen LogP contribution is -2.35. The third-order valence-corrected chi connectivity index (χ3v) is 21.5. The number of carbonyl (C=O) groups is 3. The van der Waals surface area contributed by atoms with Gasteiger partial charge in [0.05, 0.1) is 92.2 Å². The number of nitrogens with one attached hydrogen (secondary N) is 2. The van der Waals surface area contributed by atoms with Gasteiger partial charge < -0.3 is 45.1 Å². The highest BCUT2D eigenvalue weighted by molar-refractivity contribution is 7.86. The Balaban J connectivity index is 0.000000130. The Morgan fingerprint density at radius 3 is 1.54 bits per heavy atom. The summed E-state index contributed by atoms with van der Waals surface area (Å²) in [6.45, 7) is 12.1. The number of carboxylic acid groups (broad SMARTS) is 1. The van der Waals surface area contributed by atoms with Gasteiger partial charge in [0.25, 0.3) is 10.1 Å². The molecule has 484 valence electrons. The van der Waals surface area contributed by atoms with E-state index in [4.69, 9.17) is 21.0 Å². The zero-order valence-corrected chi connectivity index (χ0v) is 55.2. The van der Waals surface area contributed by atoms with Crippen LogP contribution < -0.4 is 16.4 Å². The van der Waals surface area contributed by atoms with Crippen molar-refractivity contribution in [3.63, 3.8) is 0 Å². The summed E-state index contributed by atoms with van der Waals surface area (Å²) in [5.41, 5.74) is 13.0. The van der Waals surface area contributed by atoms with Crippen LogP contribution in [0.3, 0.4) is 0 Å². The molecule has 5 N–H and O–H groups in total. The number of nitrogens with zero attached hydrogens (tertiary/aromatic N) is 12. The number of aryl methyl sites for hydroxylation is 5. The fourth-order valence-corrected chi connectivity index (χ4v) is 16.1. The minimum atomic E-state index is -3.39. The smallest absolute Gasteiger partial charge is 0.309 e. The molecule has 1 amide bonds. The second kappa shape index (κ2) is 30.9. The summed E-state index contributed by atoms with van der Waals surface area (Å²) in [4.78, 5) is 47.1. The maximum Gasteiger partial charge on any atom is 0.309 e. The Morgan fingerprint density at radius 1 is 0.663 bits per heavy atom. The summed E-state index contributed by atoms with van der Waals surface area (Å²) in [5, 5.41) is 36.2. The molecule has 23 nitrogen and oxygen atoms in total. The van der Waals surface area contributed by atoms with Gasteiger partial charge in [-0.1, -0.05) is 0 Å². The fourth-order valence-electron chi connectivity index (χ4n) is 12.7. The molecule has 8 aromatic heterocycles. The number of methoxy groups -OCH3 is 1. The molecule has 0 radical (unpaired) electrons. The van der Waals surface area contributed by atoms with Gasteiger partial charge in [-0.3, -0.25) is 32.6 Å². The number of aromatic nitrogens is 10. The van der Waals surface area contributed by atoms with Crippen LogP contribution in [0, 0.1) is 35.5 Å². The number of rotatable bonds is 20. The monoisotopic (exact) mass is 1300 g/mol. The van der Waals surface area contributed by atoms with Crippen LogP contribution in [-0.2, 0) is 67.7 Å². The van der Waals surface area contributed by atoms with Crippen molar-refractivity contribution in [2.24, 2.45) is 62.4 Å². The first kappa shape index (κ1) is 66.0. The Morgan fingerprint density at radius 2 is 1.11 bits per heavy atom. The number of imidazole rings is 2. The Hall–Kier alpha value is -5.91. The van der Waals surface area contributed by atoms with Crippen molar-refractivity contribution >= 4 is 92.6 Å². The Labute approximate surface area is 533 Å². The van der Waals surface area contributed by atoms with E-state index >= 15 is 0 Å². The predicted octanol–water partition coefficient (Wildman–Crippen LogP) is 7.49. The van der Waals surface area contributed by atoms with E-state index < -0.39 is 16.1 Å².